The van der Waals surface area contributed by atoms with Crippen LogP contribution in [0.5, 0.6) is 0 Å². The molecule has 0 aromatic heterocycles. The van der Waals surface area contributed by atoms with Crippen molar-refractivity contribution in [3.63, 3.8) is 0 Å². The molecule has 3 nitrogen and oxygen atoms in total. The second kappa shape index (κ2) is 6.38. The molecule has 0 amide bonds. The molecule has 0 heterocycles. The zero-order valence-corrected chi connectivity index (χ0v) is 10.0. The van der Waals surface area contributed by atoms with Gasteiger partial charge in [-0.25, -0.2) is 0 Å². The van der Waals surface area contributed by atoms with E-state index in [2.05, 4.69) is 17.5 Å². The maximum atomic E-state index is 5.79. The molecule has 3 heteroatoms. The van der Waals surface area contributed by atoms with Crippen LogP contribution in [0.1, 0.15) is 25.7 Å². The van der Waals surface area contributed by atoms with E-state index in [1.165, 1.54) is 12.8 Å². The Bertz CT molecular complexity index is 226. The predicted molar refractivity (Wildman–Crippen MR) is 66.3 cm³/mol. The monoisotopic (exact) mass is 224 g/mol. The normalized spacial score (nSPS) is 28.8. The Hall–Kier alpha value is -0.380. The largest absolute Gasteiger partial charge is 0.381 e. The van der Waals surface area contributed by atoms with Gasteiger partial charge in [0.15, 0.2) is 0 Å². The number of nitrogens with one attached hydrogen (secondary N) is 1. The van der Waals surface area contributed by atoms with E-state index in [0.29, 0.717) is 5.92 Å². The zero-order chi connectivity index (χ0) is 11.2. The van der Waals surface area contributed by atoms with Crippen LogP contribution in [0.4, 0.5) is 0 Å². The minimum Gasteiger partial charge on any atom is -0.381 e. The molecule has 2 unspecified atom stereocenters. The van der Waals surface area contributed by atoms with Crippen LogP contribution in [0, 0.1) is 11.8 Å². The zero-order valence-electron chi connectivity index (χ0n) is 10.0. The molecule has 0 spiro atoms. The third kappa shape index (κ3) is 4.64. The SMILES string of the molecule is NC1C=CC(CNCCCOCC2CC2)C1. The second-order valence-electron chi connectivity index (χ2n) is 5.12. The maximum absolute atomic E-state index is 5.79. The van der Waals surface area contributed by atoms with E-state index >= 15 is 0 Å². The molecule has 1 saturated carbocycles. The molecule has 0 aromatic rings. The van der Waals surface area contributed by atoms with E-state index in [-0.39, 0.29) is 6.04 Å². The minimum absolute atomic E-state index is 0.286. The van der Waals surface area contributed by atoms with Crippen LogP contribution in [0.15, 0.2) is 12.2 Å². The van der Waals surface area contributed by atoms with E-state index < -0.39 is 0 Å². The van der Waals surface area contributed by atoms with Crippen molar-refractivity contribution in [2.45, 2.75) is 31.7 Å². The summed E-state index contributed by atoms with van der Waals surface area (Å²) in [7, 11) is 0. The average molecular weight is 224 g/mol. The molecule has 2 aliphatic carbocycles. The van der Waals surface area contributed by atoms with Gasteiger partial charge in [0.1, 0.15) is 0 Å². The van der Waals surface area contributed by atoms with Gasteiger partial charge in [-0.2, -0.15) is 0 Å². The van der Waals surface area contributed by atoms with E-state index in [1.807, 2.05) is 0 Å². The molecular formula is C13H24N2O. The quantitative estimate of drug-likeness (QED) is 0.482. The van der Waals surface area contributed by atoms with Crippen LogP contribution in [-0.4, -0.2) is 32.3 Å². The van der Waals surface area contributed by atoms with E-state index in [0.717, 1.165) is 45.1 Å². The van der Waals surface area contributed by atoms with Gasteiger partial charge in [0.05, 0.1) is 0 Å². The highest BCUT2D eigenvalue weighted by atomic mass is 16.5. The molecule has 0 radical (unpaired) electrons. The first-order valence-corrected chi connectivity index (χ1v) is 6.57. The first kappa shape index (κ1) is 12.1. The Morgan fingerprint density at radius 2 is 2.19 bits per heavy atom. The summed E-state index contributed by atoms with van der Waals surface area (Å²) < 4.78 is 5.57. The number of hydrogen-bond donors (Lipinski definition) is 2. The molecule has 1 fully saturated rings. The van der Waals surface area contributed by atoms with Gasteiger partial charge in [0.25, 0.3) is 0 Å². The topological polar surface area (TPSA) is 47.3 Å². The van der Waals surface area contributed by atoms with Gasteiger partial charge >= 0.3 is 0 Å². The fourth-order valence-electron chi connectivity index (χ4n) is 2.08. The summed E-state index contributed by atoms with van der Waals surface area (Å²) in [6.07, 6.45) is 9.34. The van der Waals surface area contributed by atoms with Crippen molar-refractivity contribution in [2.75, 3.05) is 26.3 Å². The van der Waals surface area contributed by atoms with Crippen molar-refractivity contribution in [3.8, 4) is 0 Å². The molecule has 3 N–H and O–H groups in total. The summed E-state index contributed by atoms with van der Waals surface area (Å²) >= 11 is 0. The summed E-state index contributed by atoms with van der Waals surface area (Å²) in [6.45, 7) is 4.01. The number of hydrogen-bond acceptors (Lipinski definition) is 3. The lowest BCUT2D eigenvalue weighted by atomic mass is 10.1. The summed E-state index contributed by atoms with van der Waals surface area (Å²) in [6, 6.07) is 0.286. The number of nitrogens with two attached hydrogens (primary N) is 1. The van der Waals surface area contributed by atoms with Gasteiger partial charge in [0, 0.05) is 25.8 Å². The van der Waals surface area contributed by atoms with Crippen LogP contribution in [0.25, 0.3) is 0 Å². The summed E-state index contributed by atoms with van der Waals surface area (Å²) in [4.78, 5) is 0. The van der Waals surface area contributed by atoms with Gasteiger partial charge in [-0.1, -0.05) is 12.2 Å². The third-order valence-electron chi connectivity index (χ3n) is 3.30. The Balaban J connectivity index is 1.36. The minimum atomic E-state index is 0.286. The molecule has 0 bridgehead atoms. The predicted octanol–water partition coefficient (Wildman–Crippen LogP) is 1.30. The van der Waals surface area contributed by atoms with E-state index in [4.69, 9.17) is 10.5 Å². The molecular weight excluding hydrogens is 200 g/mol. The fraction of sp³-hybridized carbons (Fsp3) is 0.846. The molecule has 16 heavy (non-hydrogen) atoms. The van der Waals surface area contributed by atoms with Crippen molar-refractivity contribution in [3.05, 3.63) is 12.2 Å². The van der Waals surface area contributed by atoms with Gasteiger partial charge < -0.3 is 15.8 Å². The Kier molecular flexibility index (Phi) is 4.82. The van der Waals surface area contributed by atoms with Crippen molar-refractivity contribution in [2.24, 2.45) is 17.6 Å². The second-order valence-corrected chi connectivity index (χ2v) is 5.12. The summed E-state index contributed by atoms with van der Waals surface area (Å²) in [5.74, 6) is 1.53. The molecule has 2 atom stereocenters. The van der Waals surface area contributed by atoms with Gasteiger partial charge in [0.2, 0.25) is 0 Å². The van der Waals surface area contributed by atoms with Crippen molar-refractivity contribution in [1.29, 1.82) is 0 Å². The lowest BCUT2D eigenvalue weighted by Crippen LogP contribution is -2.25. The van der Waals surface area contributed by atoms with Gasteiger partial charge in [-0.15, -0.1) is 0 Å². The first-order valence-electron chi connectivity index (χ1n) is 6.57. The van der Waals surface area contributed by atoms with E-state index in [9.17, 15) is 0 Å². The molecule has 0 aromatic carbocycles. The maximum Gasteiger partial charge on any atom is 0.0494 e. The van der Waals surface area contributed by atoms with Crippen LogP contribution in [0.3, 0.4) is 0 Å². The molecule has 0 aliphatic heterocycles. The molecule has 2 rings (SSSR count). The highest BCUT2D eigenvalue weighted by molar-refractivity contribution is 5.04. The Morgan fingerprint density at radius 1 is 1.31 bits per heavy atom. The highest BCUT2D eigenvalue weighted by Gasteiger charge is 2.20. The lowest BCUT2D eigenvalue weighted by Gasteiger charge is -2.10. The fourth-order valence-corrected chi connectivity index (χ4v) is 2.08. The molecule has 0 saturated heterocycles. The van der Waals surface area contributed by atoms with Crippen molar-refractivity contribution in [1.82, 2.24) is 5.32 Å². The Labute approximate surface area is 98.4 Å². The van der Waals surface area contributed by atoms with Gasteiger partial charge in [-0.05, 0) is 44.1 Å². The highest BCUT2D eigenvalue weighted by Crippen LogP contribution is 2.28. The summed E-state index contributed by atoms with van der Waals surface area (Å²) in [5.41, 5.74) is 5.79. The lowest BCUT2D eigenvalue weighted by molar-refractivity contribution is 0.122. The van der Waals surface area contributed by atoms with E-state index in [1.54, 1.807) is 0 Å². The van der Waals surface area contributed by atoms with Crippen LogP contribution < -0.4 is 11.1 Å². The number of rotatable bonds is 8. The third-order valence-corrected chi connectivity index (χ3v) is 3.30. The van der Waals surface area contributed by atoms with Gasteiger partial charge in [-0.3, -0.25) is 0 Å². The van der Waals surface area contributed by atoms with Crippen LogP contribution in [0.2, 0.25) is 0 Å². The standard InChI is InChI=1S/C13H24N2O/c14-13-5-4-12(8-13)9-15-6-1-7-16-10-11-2-3-11/h4-5,11-13,15H,1-3,6-10,14H2. The Morgan fingerprint density at radius 3 is 2.88 bits per heavy atom. The first-order chi connectivity index (χ1) is 7.84. The molecule has 92 valence electrons. The van der Waals surface area contributed by atoms with Crippen LogP contribution >= 0.6 is 0 Å². The van der Waals surface area contributed by atoms with Crippen molar-refractivity contribution < 1.29 is 4.74 Å². The average Bonchev–Trinajstić information content (AvgIpc) is 3.00. The molecule has 2 aliphatic rings. The number of ether oxygens (including phenoxy) is 1. The van der Waals surface area contributed by atoms with Crippen LogP contribution in [-0.2, 0) is 4.74 Å². The smallest absolute Gasteiger partial charge is 0.0494 e. The van der Waals surface area contributed by atoms with Crippen molar-refractivity contribution >= 4 is 0 Å². The summed E-state index contributed by atoms with van der Waals surface area (Å²) in [5, 5.41) is 3.46.